The number of carbonyl (C=O) groups excluding carboxylic acids is 1. The summed E-state index contributed by atoms with van der Waals surface area (Å²) in [6.07, 6.45) is 0.840. The van der Waals surface area contributed by atoms with Crippen molar-refractivity contribution in [2.24, 2.45) is 0 Å². The monoisotopic (exact) mass is 333 g/mol. The number of nitrogens with zero attached hydrogens (tertiary/aromatic N) is 4. The molecule has 1 N–H and O–H groups in total. The number of rotatable bonds is 4. The topological polar surface area (TPSA) is 61.4 Å². The third-order valence-electron chi connectivity index (χ3n) is 3.81. The van der Waals surface area contributed by atoms with Crippen LogP contribution in [0.15, 0.2) is 24.3 Å². The van der Waals surface area contributed by atoms with Crippen LogP contribution in [0, 0.1) is 18.6 Å². The second-order valence-corrected chi connectivity index (χ2v) is 5.54. The van der Waals surface area contributed by atoms with E-state index in [-0.39, 0.29) is 5.69 Å². The van der Waals surface area contributed by atoms with Crippen molar-refractivity contribution in [2.45, 2.75) is 6.92 Å². The van der Waals surface area contributed by atoms with Gasteiger partial charge >= 0.3 is 0 Å². The summed E-state index contributed by atoms with van der Waals surface area (Å²) in [7, 11) is 0. The molecule has 1 aliphatic heterocycles. The van der Waals surface area contributed by atoms with Crippen LogP contribution in [0.3, 0.4) is 0 Å². The predicted molar refractivity (Wildman–Crippen MR) is 86.3 cm³/mol. The Balaban J connectivity index is 1.80. The number of piperazine rings is 1. The van der Waals surface area contributed by atoms with Crippen molar-refractivity contribution in [3.8, 4) is 0 Å². The van der Waals surface area contributed by atoms with Gasteiger partial charge in [0.05, 0.1) is 5.69 Å². The number of aromatic nitrogens is 2. The largest absolute Gasteiger partial charge is 0.353 e. The molecule has 0 bridgehead atoms. The minimum atomic E-state index is -0.688. The van der Waals surface area contributed by atoms with Crippen molar-refractivity contribution < 1.29 is 13.6 Å². The molecule has 0 radical (unpaired) electrons. The lowest BCUT2D eigenvalue weighted by atomic mass is 10.3. The van der Waals surface area contributed by atoms with E-state index in [0.29, 0.717) is 43.6 Å². The summed E-state index contributed by atoms with van der Waals surface area (Å²) in [4.78, 5) is 23.2. The first-order valence-electron chi connectivity index (χ1n) is 7.57. The first-order chi connectivity index (χ1) is 11.5. The van der Waals surface area contributed by atoms with Gasteiger partial charge in [0.15, 0.2) is 0 Å². The zero-order chi connectivity index (χ0) is 17.1. The van der Waals surface area contributed by atoms with Gasteiger partial charge in [-0.2, -0.15) is 0 Å². The Bertz CT molecular complexity index is 747. The van der Waals surface area contributed by atoms with Crippen LogP contribution in [-0.2, 0) is 4.79 Å². The molecule has 24 heavy (non-hydrogen) atoms. The van der Waals surface area contributed by atoms with Gasteiger partial charge in [0, 0.05) is 38.3 Å². The number of hydrogen-bond donors (Lipinski definition) is 1. The number of halogens is 2. The second-order valence-electron chi connectivity index (χ2n) is 5.54. The average Bonchev–Trinajstić information content (AvgIpc) is 2.57. The summed E-state index contributed by atoms with van der Waals surface area (Å²) in [5.41, 5.74) is 0.145. The van der Waals surface area contributed by atoms with E-state index in [9.17, 15) is 13.6 Å². The van der Waals surface area contributed by atoms with Crippen LogP contribution in [0.4, 0.5) is 26.1 Å². The van der Waals surface area contributed by atoms with Crippen LogP contribution in [0.25, 0.3) is 0 Å². The minimum Gasteiger partial charge on any atom is -0.353 e. The molecule has 1 aromatic carbocycles. The maximum atomic E-state index is 13.8. The Morgan fingerprint density at radius 2 is 1.88 bits per heavy atom. The zero-order valence-electron chi connectivity index (χ0n) is 13.2. The molecular formula is C16H17F2N5O. The highest BCUT2D eigenvalue weighted by atomic mass is 19.1. The highest BCUT2D eigenvalue weighted by molar-refractivity contribution is 5.60. The van der Waals surface area contributed by atoms with E-state index in [1.54, 1.807) is 17.9 Å². The van der Waals surface area contributed by atoms with Gasteiger partial charge in [-0.3, -0.25) is 4.79 Å². The summed E-state index contributed by atoms with van der Waals surface area (Å²) in [6.45, 7) is 4.33. The van der Waals surface area contributed by atoms with Crippen LogP contribution in [0.1, 0.15) is 5.82 Å². The van der Waals surface area contributed by atoms with Gasteiger partial charge in [-0.25, -0.2) is 18.7 Å². The number of amides is 1. The summed E-state index contributed by atoms with van der Waals surface area (Å²) in [6, 6.07) is 5.03. The third kappa shape index (κ3) is 3.58. The first kappa shape index (κ1) is 16.1. The van der Waals surface area contributed by atoms with Crippen molar-refractivity contribution in [3.05, 3.63) is 41.7 Å². The maximum Gasteiger partial charge on any atom is 0.209 e. The van der Waals surface area contributed by atoms with E-state index >= 15 is 0 Å². The SMILES string of the molecule is Cc1nc(Nc2ccc(F)cc2F)cc(N2CCN(C=O)CC2)n1. The number of nitrogens with one attached hydrogen (secondary N) is 1. The molecule has 8 heteroatoms. The number of aryl methyl sites for hydroxylation is 1. The summed E-state index contributed by atoms with van der Waals surface area (Å²) >= 11 is 0. The fourth-order valence-electron chi connectivity index (χ4n) is 2.56. The number of carbonyl (C=O) groups is 1. The Kier molecular flexibility index (Phi) is 4.54. The van der Waals surface area contributed by atoms with E-state index in [2.05, 4.69) is 15.3 Å². The molecule has 0 saturated carbocycles. The molecule has 0 atom stereocenters. The standard InChI is InChI=1S/C16H17F2N5O/c1-11-19-15(21-14-3-2-12(17)8-13(14)18)9-16(20-11)23-6-4-22(10-24)5-7-23/h2-3,8-10H,4-7H2,1H3,(H,19,20,21). The van der Waals surface area contributed by atoms with Crippen molar-refractivity contribution in [1.82, 2.24) is 14.9 Å². The second kappa shape index (κ2) is 6.77. The smallest absolute Gasteiger partial charge is 0.209 e. The molecule has 3 rings (SSSR count). The fraction of sp³-hybridized carbons (Fsp3) is 0.312. The summed E-state index contributed by atoms with van der Waals surface area (Å²) in [5, 5.41) is 2.85. The van der Waals surface area contributed by atoms with Crippen molar-refractivity contribution in [2.75, 3.05) is 36.4 Å². The number of benzene rings is 1. The molecule has 126 valence electrons. The Morgan fingerprint density at radius 3 is 2.54 bits per heavy atom. The molecule has 1 aromatic heterocycles. The van der Waals surface area contributed by atoms with Crippen LogP contribution in [0.5, 0.6) is 0 Å². The highest BCUT2D eigenvalue weighted by Crippen LogP contribution is 2.23. The number of hydrogen-bond acceptors (Lipinski definition) is 5. The molecule has 2 heterocycles. The van der Waals surface area contributed by atoms with Crippen LogP contribution in [-0.4, -0.2) is 47.5 Å². The van der Waals surface area contributed by atoms with Gasteiger partial charge in [-0.1, -0.05) is 0 Å². The first-order valence-corrected chi connectivity index (χ1v) is 7.57. The van der Waals surface area contributed by atoms with E-state index in [4.69, 9.17) is 0 Å². The average molecular weight is 333 g/mol. The maximum absolute atomic E-state index is 13.8. The molecule has 0 unspecified atom stereocenters. The van der Waals surface area contributed by atoms with Gasteiger partial charge in [0.1, 0.15) is 29.1 Å². The summed E-state index contributed by atoms with van der Waals surface area (Å²) in [5.74, 6) is 0.354. The molecule has 0 aliphatic carbocycles. The quantitative estimate of drug-likeness (QED) is 0.868. The zero-order valence-corrected chi connectivity index (χ0v) is 13.2. The lowest BCUT2D eigenvalue weighted by Gasteiger charge is -2.33. The molecular weight excluding hydrogens is 316 g/mol. The van der Waals surface area contributed by atoms with Crippen molar-refractivity contribution in [3.63, 3.8) is 0 Å². The normalized spacial score (nSPS) is 14.6. The van der Waals surface area contributed by atoms with Gasteiger partial charge in [0.25, 0.3) is 0 Å². The Labute approximate surface area is 138 Å². The molecule has 0 spiro atoms. The van der Waals surface area contributed by atoms with E-state index < -0.39 is 11.6 Å². The Morgan fingerprint density at radius 1 is 1.12 bits per heavy atom. The predicted octanol–water partition coefficient (Wildman–Crippen LogP) is 2.09. The van der Waals surface area contributed by atoms with Crippen LogP contribution < -0.4 is 10.2 Å². The van der Waals surface area contributed by atoms with Gasteiger partial charge < -0.3 is 15.1 Å². The molecule has 1 saturated heterocycles. The van der Waals surface area contributed by atoms with Crippen LogP contribution >= 0.6 is 0 Å². The lowest BCUT2D eigenvalue weighted by Crippen LogP contribution is -2.46. The Hall–Kier alpha value is -2.77. The molecule has 1 aliphatic rings. The van der Waals surface area contributed by atoms with Crippen molar-refractivity contribution in [1.29, 1.82) is 0 Å². The van der Waals surface area contributed by atoms with Crippen molar-refractivity contribution >= 4 is 23.7 Å². The molecule has 1 amide bonds. The fourth-order valence-corrected chi connectivity index (χ4v) is 2.56. The van der Waals surface area contributed by atoms with Crippen LogP contribution in [0.2, 0.25) is 0 Å². The van der Waals surface area contributed by atoms with Gasteiger partial charge in [-0.15, -0.1) is 0 Å². The number of anilines is 3. The highest BCUT2D eigenvalue weighted by Gasteiger charge is 2.18. The van der Waals surface area contributed by atoms with E-state index in [1.807, 2.05) is 4.90 Å². The summed E-state index contributed by atoms with van der Waals surface area (Å²) < 4.78 is 26.8. The van der Waals surface area contributed by atoms with Gasteiger partial charge in [-0.05, 0) is 19.1 Å². The molecule has 2 aromatic rings. The van der Waals surface area contributed by atoms with Gasteiger partial charge in [0.2, 0.25) is 6.41 Å². The van der Waals surface area contributed by atoms with E-state index in [0.717, 1.165) is 12.5 Å². The molecule has 6 nitrogen and oxygen atoms in total. The minimum absolute atomic E-state index is 0.145. The molecule has 1 fully saturated rings. The van der Waals surface area contributed by atoms with E-state index in [1.165, 1.54) is 12.1 Å². The third-order valence-corrected chi connectivity index (χ3v) is 3.81. The lowest BCUT2D eigenvalue weighted by molar-refractivity contribution is -0.118.